The van der Waals surface area contributed by atoms with Gasteiger partial charge < -0.3 is 4.74 Å². The van der Waals surface area contributed by atoms with E-state index in [0.717, 1.165) is 5.69 Å². The molecule has 3 nitrogen and oxygen atoms in total. The minimum absolute atomic E-state index is 0.0496. The maximum absolute atomic E-state index is 5.78. The van der Waals surface area contributed by atoms with E-state index in [9.17, 15) is 0 Å². The summed E-state index contributed by atoms with van der Waals surface area (Å²) < 4.78 is 5.45. The van der Waals surface area contributed by atoms with Gasteiger partial charge in [0.05, 0.1) is 5.69 Å². The highest BCUT2D eigenvalue weighted by atomic mass is 35.5. The minimum atomic E-state index is -0.547. The molecule has 1 heterocycles. The van der Waals surface area contributed by atoms with Crippen molar-refractivity contribution in [2.45, 2.75) is 11.8 Å². The number of hydrogen-bond acceptors (Lipinski definition) is 3. The summed E-state index contributed by atoms with van der Waals surface area (Å²) in [7, 11) is 0. The van der Waals surface area contributed by atoms with Crippen LogP contribution >= 0.6 is 11.6 Å². The Kier molecular flexibility index (Phi) is 2.16. The lowest BCUT2D eigenvalue weighted by Gasteiger charge is -2.00. The predicted molar refractivity (Wildman–Crippen MR) is 61.9 cm³/mol. The van der Waals surface area contributed by atoms with E-state index in [1.807, 2.05) is 36.4 Å². The third-order valence-electron chi connectivity index (χ3n) is 2.55. The molecule has 1 aliphatic carbocycles. The Hall–Kier alpha value is -1.45. The smallest absolute Gasteiger partial charge is 0.229 e. The van der Waals surface area contributed by atoms with Crippen LogP contribution in [0.5, 0.6) is 0 Å². The summed E-state index contributed by atoms with van der Waals surface area (Å²) >= 11 is 5.78. The van der Waals surface area contributed by atoms with Crippen molar-refractivity contribution in [3.8, 4) is 0 Å². The fourth-order valence-electron chi connectivity index (χ4n) is 1.60. The standard InChI is InChI=1S/C12H9ClN2O/c13-9-4-6-10(7-5-9)14-15-12-8-2-1-3-11(12)16-12/h1-8,11H. The van der Waals surface area contributed by atoms with E-state index >= 15 is 0 Å². The molecule has 1 aromatic carbocycles. The van der Waals surface area contributed by atoms with Crippen LogP contribution in [0.25, 0.3) is 0 Å². The van der Waals surface area contributed by atoms with Crippen molar-refractivity contribution < 1.29 is 4.74 Å². The second kappa shape index (κ2) is 3.54. The third kappa shape index (κ3) is 1.68. The van der Waals surface area contributed by atoms with E-state index in [1.165, 1.54) is 0 Å². The Morgan fingerprint density at radius 3 is 2.75 bits per heavy atom. The summed E-state index contributed by atoms with van der Waals surface area (Å²) in [6.45, 7) is 0. The first-order valence-corrected chi connectivity index (χ1v) is 5.39. The molecule has 2 atom stereocenters. The van der Waals surface area contributed by atoms with Gasteiger partial charge in [-0.15, -0.1) is 5.11 Å². The zero-order valence-corrected chi connectivity index (χ0v) is 9.13. The number of rotatable bonds is 2. The molecule has 4 heteroatoms. The van der Waals surface area contributed by atoms with Crippen molar-refractivity contribution in [3.63, 3.8) is 0 Å². The number of allylic oxidation sites excluding steroid dienone is 2. The summed E-state index contributed by atoms with van der Waals surface area (Å²) in [6.07, 6.45) is 7.81. The van der Waals surface area contributed by atoms with Crippen LogP contribution in [0, 0.1) is 0 Å². The van der Waals surface area contributed by atoms with Crippen molar-refractivity contribution in [2.75, 3.05) is 0 Å². The maximum atomic E-state index is 5.78. The van der Waals surface area contributed by atoms with E-state index in [4.69, 9.17) is 16.3 Å². The molecule has 0 spiro atoms. The van der Waals surface area contributed by atoms with Gasteiger partial charge in [-0.3, -0.25) is 0 Å². The van der Waals surface area contributed by atoms with Gasteiger partial charge in [-0.2, -0.15) is 5.11 Å². The Bertz CT molecular complexity index is 492. The fourth-order valence-corrected chi connectivity index (χ4v) is 1.72. The Morgan fingerprint density at radius 2 is 2.00 bits per heavy atom. The number of epoxide rings is 1. The molecule has 0 saturated carbocycles. The van der Waals surface area contributed by atoms with E-state index in [1.54, 1.807) is 12.1 Å². The largest absolute Gasteiger partial charge is 0.333 e. The van der Waals surface area contributed by atoms with Crippen LogP contribution < -0.4 is 0 Å². The average Bonchev–Trinajstić information content (AvgIpc) is 3.03. The first kappa shape index (κ1) is 9.75. The number of ether oxygens (including phenoxy) is 1. The highest BCUT2D eigenvalue weighted by Crippen LogP contribution is 2.43. The Labute approximate surface area is 98.1 Å². The molecule has 80 valence electrons. The van der Waals surface area contributed by atoms with Crippen molar-refractivity contribution in [1.29, 1.82) is 0 Å². The van der Waals surface area contributed by atoms with E-state index < -0.39 is 5.72 Å². The first-order valence-electron chi connectivity index (χ1n) is 5.01. The summed E-state index contributed by atoms with van der Waals surface area (Å²) in [5, 5.41) is 9.04. The number of halogens is 1. The fraction of sp³-hybridized carbons (Fsp3) is 0.167. The van der Waals surface area contributed by atoms with Crippen LogP contribution in [0.15, 0.2) is 58.8 Å². The van der Waals surface area contributed by atoms with Gasteiger partial charge in [0.15, 0.2) is 0 Å². The topological polar surface area (TPSA) is 37.2 Å². The second-order valence-corrected chi connectivity index (χ2v) is 4.15. The lowest BCUT2D eigenvalue weighted by molar-refractivity contribution is 0.341. The zero-order valence-electron chi connectivity index (χ0n) is 8.38. The molecule has 0 aromatic heterocycles. The summed E-state index contributed by atoms with van der Waals surface area (Å²) in [5.74, 6) is 0. The molecule has 0 N–H and O–H groups in total. The van der Waals surface area contributed by atoms with Gasteiger partial charge in [0, 0.05) is 5.02 Å². The first-order chi connectivity index (χ1) is 7.78. The molecule has 1 saturated heterocycles. The zero-order chi connectivity index (χ0) is 11.0. The quantitative estimate of drug-likeness (QED) is 0.567. The molecule has 0 amide bonds. The van der Waals surface area contributed by atoms with Crippen LogP contribution in [0.1, 0.15) is 0 Å². The average molecular weight is 233 g/mol. The van der Waals surface area contributed by atoms with Crippen LogP contribution in [-0.2, 0) is 4.74 Å². The molecule has 3 rings (SSSR count). The van der Waals surface area contributed by atoms with Crippen LogP contribution in [-0.4, -0.2) is 11.8 Å². The van der Waals surface area contributed by atoms with Crippen LogP contribution in [0.4, 0.5) is 5.69 Å². The predicted octanol–water partition coefficient (Wildman–Crippen LogP) is 3.64. The summed E-state index contributed by atoms with van der Waals surface area (Å²) in [4.78, 5) is 0. The number of hydrogen-bond donors (Lipinski definition) is 0. The van der Waals surface area contributed by atoms with Gasteiger partial charge in [0.2, 0.25) is 5.72 Å². The minimum Gasteiger partial charge on any atom is -0.333 e. The SMILES string of the molecule is Clc1ccc(N=NC23C=CC=CC2O3)cc1. The molecule has 1 aliphatic heterocycles. The summed E-state index contributed by atoms with van der Waals surface area (Å²) in [5.41, 5.74) is 0.227. The van der Waals surface area contributed by atoms with Crippen molar-refractivity contribution in [3.05, 3.63) is 53.6 Å². The number of nitrogens with zero attached hydrogens (tertiary/aromatic N) is 2. The summed E-state index contributed by atoms with van der Waals surface area (Å²) in [6, 6.07) is 7.22. The second-order valence-electron chi connectivity index (χ2n) is 3.71. The van der Waals surface area contributed by atoms with E-state index in [0.29, 0.717) is 5.02 Å². The van der Waals surface area contributed by atoms with E-state index in [2.05, 4.69) is 10.2 Å². The Morgan fingerprint density at radius 1 is 1.19 bits per heavy atom. The van der Waals surface area contributed by atoms with Gasteiger partial charge in [-0.25, -0.2) is 0 Å². The lowest BCUT2D eigenvalue weighted by Crippen LogP contribution is -2.07. The molecule has 16 heavy (non-hydrogen) atoms. The monoisotopic (exact) mass is 232 g/mol. The van der Waals surface area contributed by atoms with E-state index in [-0.39, 0.29) is 6.10 Å². The highest BCUT2D eigenvalue weighted by molar-refractivity contribution is 6.30. The van der Waals surface area contributed by atoms with Gasteiger partial charge >= 0.3 is 0 Å². The van der Waals surface area contributed by atoms with Gasteiger partial charge in [-0.05, 0) is 30.3 Å². The maximum Gasteiger partial charge on any atom is 0.229 e. The third-order valence-corrected chi connectivity index (χ3v) is 2.80. The van der Waals surface area contributed by atoms with Crippen molar-refractivity contribution in [2.24, 2.45) is 10.2 Å². The van der Waals surface area contributed by atoms with Gasteiger partial charge in [0.25, 0.3) is 0 Å². The highest BCUT2D eigenvalue weighted by Gasteiger charge is 2.55. The van der Waals surface area contributed by atoms with Gasteiger partial charge in [0.1, 0.15) is 6.10 Å². The van der Waals surface area contributed by atoms with Crippen molar-refractivity contribution >= 4 is 17.3 Å². The molecular weight excluding hydrogens is 224 g/mol. The molecule has 0 radical (unpaired) electrons. The molecule has 2 unspecified atom stereocenters. The Balaban J connectivity index is 1.78. The number of azo groups is 1. The number of fused-ring (bicyclic) bond motifs is 1. The van der Waals surface area contributed by atoms with Crippen LogP contribution in [0.3, 0.4) is 0 Å². The van der Waals surface area contributed by atoms with Crippen LogP contribution in [0.2, 0.25) is 5.02 Å². The molecule has 0 bridgehead atoms. The van der Waals surface area contributed by atoms with Gasteiger partial charge in [-0.1, -0.05) is 29.8 Å². The molecule has 1 aromatic rings. The normalized spacial score (nSPS) is 30.7. The number of benzene rings is 1. The molecular formula is C12H9ClN2O. The molecule has 2 aliphatic rings. The van der Waals surface area contributed by atoms with Crippen molar-refractivity contribution in [1.82, 2.24) is 0 Å². The molecule has 1 fully saturated rings. The lowest BCUT2D eigenvalue weighted by atomic mass is 10.1.